The first-order valence-corrected chi connectivity index (χ1v) is 9.53. The van der Waals surface area contributed by atoms with Crippen LogP contribution in [0.15, 0.2) is 47.4 Å². The minimum absolute atomic E-state index is 0.0156. The SMILES string of the molecule is CCn1nnnc1-c1ccc(OC)c(S(=O)(=O)Nc2ccc(Cl)cc2)c1. The van der Waals surface area contributed by atoms with E-state index < -0.39 is 10.0 Å². The number of tetrazole rings is 1. The van der Waals surface area contributed by atoms with Gasteiger partial charge in [0.15, 0.2) is 5.82 Å². The molecule has 0 spiro atoms. The standard InChI is InChI=1S/C16H16ClN5O3S/c1-3-22-16(18-20-21-22)11-4-9-14(25-2)15(10-11)26(23,24)19-13-7-5-12(17)6-8-13/h4-10,19H,3H2,1-2H3. The fourth-order valence-corrected chi connectivity index (χ4v) is 3.76. The summed E-state index contributed by atoms with van der Waals surface area (Å²) in [6.07, 6.45) is 0. The molecule has 0 aliphatic heterocycles. The molecule has 0 unspecified atom stereocenters. The maximum atomic E-state index is 12.9. The first kappa shape index (κ1) is 18.2. The maximum Gasteiger partial charge on any atom is 0.265 e. The lowest BCUT2D eigenvalue weighted by molar-refractivity contribution is 0.403. The van der Waals surface area contributed by atoms with Crippen LogP contribution >= 0.6 is 11.6 Å². The number of hydrogen-bond donors (Lipinski definition) is 1. The summed E-state index contributed by atoms with van der Waals surface area (Å²) in [6, 6.07) is 11.1. The van der Waals surface area contributed by atoms with Gasteiger partial charge < -0.3 is 4.74 Å². The number of benzene rings is 2. The third-order valence-electron chi connectivity index (χ3n) is 3.64. The second kappa shape index (κ2) is 7.30. The van der Waals surface area contributed by atoms with Crippen molar-refractivity contribution in [1.82, 2.24) is 20.2 Å². The second-order valence-corrected chi connectivity index (χ2v) is 7.38. The highest BCUT2D eigenvalue weighted by Gasteiger charge is 2.22. The van der Waals surface area contributed by atoms with E-state index >= 15 is 0 Å². The van der Waals surface area contributed by atoms with Crippen molar-refractivity contribution in [1.29, 1.82) is 0 Å². The molecule has 0 fully saturated rings. The summed E-state index contributed by atoms with van der Waals surface area (Å²) in [5.41, 5.74) is 0.953. The van der Waals surface area contributed by atoms with Gasteiger partial charge in [-0.25, -0.2) is 13.1 Å². The van der Waals surface area contributed by atoms with Crippen LogP contribution in [0.5, 0.6) is 5.75 Å². The van der Waals surface area contributed by atoms with Crippen LogP contribution in [-0.4, -0.2) is 35.7 Å². The van der Waals surface area contributed by atoms with Crippen LogP contribution in [0.25, 0.3) is 11.4 Å². The number of anilines is 1. The summed E-state index contributed by atoms with van der Waals surface area (Å²) in [6.45, 7) is 2.45. The number of nitrogens with one attached hydrogen (secondary N) is 1. The number of ether oxygens (including phenoxy) is 1. The molecule has 0 atom stereocenters. The lowest BCUT2D eigenvalue weighted by Crippen LogP contribution is -2.14. The van der Waals surface area contributed by atoms with Crippen molar-refractivity contribution in [3.8, 4) is 17.1 Å². The molecule has 0 radical (unpaired) electrons. The second-order valence-electron chi connectivity index (χ2n) is 5.30. The van der Waals surface area contributed by atoms with Crippen molar-refractivity contribution >= 4 is 27.3 Å². The van der Waals surface area contributed by atoms with Gasteiger partial charge in [-0.1, -0.05) is 11.6 Å². The lowest BCUT2D eigenvalue weighted by atomic mass is 10.2. The van der Waals surface area contributed by atoms with E-state index in [9.17, 15) is 8.42 Å². The summed E-state index contributed by atoms with van der Waals surface area (Å²) < 4.78 is 35.0. The van der Waals surface area contributed by atoms with Crippen LogP contribution in [-0.2, 0) is 16.6 Å². The van der Waals surface area contributed by atoms with Crippen LogP contribution in [0.2, 0.25) is 5.02 Å². The van der Waals surface area contributed by atoms with Gasteiger partial charge in [-0.3, -0.25) is 4.72 Å². The molecule has 1 heterocycles. The Balaban J connectivity index is 2.04. The molecule has 136 valence electrons. The highest BCUT2D eigenvalue weighted by atomic mass is 35.5. The number of halogens is 1. The Kier molecular flexibility index (Phi) is 5.10. The van der Waals surface area contributed by atoms with E-state index in [1.165, 1.54) is 13.2 Å². The van der Waals surface area contributed by atoms with E-state index in [2.05, 4.69) is 20.2 Å². The summed E-state index contributed by atoms with van der Waals surface area (Å²) in [4.78, 5) is -0.0156. The van der Waals surface area contributed by atoms with E-state index in [0.29, 0.717) is 28.6 Å². The number of rotatable bonds is 6. The Hall–Kier alpha value is -2.65. The van der Waals surface area contributed by atoms with Crippen LogP contribution in [0.4, 0.5) is 5.69 Å². The molecule has 8 nitrogen and oxygen atoms in total. The molecule has 1 N–H and O–H groups in total. The lowest BCUT2D eigenvalue weighted by Gasteiger charge is -2.13. The predicted molar refractivity (Wildman–Crippen MR) is 97.7 cm³/mol. The van der Waals surface area contributed by atoms with Crippen molar-refractivity contribution in [2.24, 2.45) is 0 Å². The zero-order valence-corrected chi connectivity index (χ0v) is 15.6. The molecule has 1 aromatic heterocycles. The number of nitrogens with zero attached hydrogens (tertiary/aromatic N) is 4. The molecule has 3 aromatic rings. The molecule has 3 rings (SSSR count). The molecule has 0 aliphatic carbocycles. The van der Waals surface area contributed by atoms with Gasteiger partial charge in [0.05, 0.1) is 7.11 Å². The minimum atomic E-state index is -3.90. The van der Waals surface area contributed by atoms with Gasteiger partial charge in [0, 0.05) is 22.8 Å². The average Bonchev–Trinajstić information content (AvgIpc) is 3.11. The normalized spacial score (nSPS) is 11.3. The van der Waals surface area contributed by atoms with E-state index in [0.717, 1.165) is 0 Å². The van der Waals surface area contributed by atoms with Gasteiger partial charge in [0.1, 0.15) is 10.6 Å². The summed E-state index contributed by atoms with van der Waals surface area (Å²) in [7, 11) is -2.49. The third-order valence-corrected chi connectivity index (χ3v) is 5.29. The Bertz CT molecular complexity index is 1020. The predicted octanol–water partition coefficient (Wildman–Crippen LogP) is 2.82. The monoisotopic (exact) mass is 393 g/mol. The van der Waals surface area contributed by atoms with Crippen molar-refractivity contribution in [3.05, 3.63) is 47.5 Å². The van der Waals surface area contributed by atoms with Crippen LogP contribution in [0.1, 0.15) is 6.92 Å². The number of hydrogen-bond acceptors (Lipinski definition) is 6. The molecular formula is C16H16ClN5O3S. The third kappa shape index (κ3) is 3.63. The molecule has 0 aliphatic rings. The van der Waals surface area contributed by atoms with Gasteiger partial charge in [-0.2, -0.15) is 0 Å². The van der Waals surface area contributed by atoms with Crippen molar-refractivity contribution in [3.63, 3.8) is 0 Å². The van der Waals surface area contributed by atoms with E-state index in [1.54, 1.807) is 41.1 Å². The van der Waals surface area contributed by atoms with Gasteiger partial charge in [-0.05, 0) is 59.8 Å². The highest BCUT2D eigenvalue weighted by molar-refractivity contribution is 7.92. The van der Waals surface area contributed by atoms with Gasteiger partial charge in [0.25, 0.3) is 10.0 Å². The molecule has 0 amide bonds. The first-order valence-electron chi connectivity index (χ1n) is 7.67. The average molecular weight is 394 g/mol. The van der Waals surface area contributed by atoms with Crippen molar-refractivity contribution in [2.75, 3.05) is 11.8 Å². The van der Waals surface area contributed by atoms with E-state index in [-0.39, 0.29) is 10.6 Å². The first-order chi connectivity index (χ1) is 12.4. The molecule has 0 saturated carbocycles. The van der Waals surface area contributed by atoms with Gasteiger partial charge in [-0.15, -0.1) is 5.10 Å². The Labute approximate surface area is 155 Å². The van der Waals surface area contributed by atoms with Crippen molar-refractivity contribution in [2.45, 2.75) is 18.4 Å². The molecule has 2 aromatic carbocycles. The maximum absolute atomic E-state index is 12.9. The zero-order chi connectivity index (χ0) is 18.7. The number of aryl methyl sites for hydroxylation is 1. The quantitative estimate of drug-likeness (QED) is 0.691. The number of aromatic nitrogens is 4. The summed E-state index contributed by atoms with van der Waals surface area (Å²) in [5.74, 6) is 0.684. The summed E-state index contributed by atoms with van der Waals surface area (Å²) >= 11 is 5.84. The molecule has 26 heavy (non-hydrogen) atoms. The van der Waals surface area contributed by atoms with Gasteiger partial charge >= 0.3 is 0 Å². The zero-order valence-electron chi connectivity index (χ0n) is 14.0. The number of methoxy groups -OCH3 is 1. The Morgan fingerprint density at radius 2 is 1.92 bits per heavy atom. The smallest absolute Gasteiger partial charge is 0.265 e. The highest BCUT2D eigenvalue weighted by Crippen LogP contribution is 2.30. The van der Waals surface area contributed by atoms with E-state index in [1.807, 2.05) is 6.92 Å². The fraction of sp³-hybridized carbons (Fsp3) is 0.188. The molecule has 0 bridgehead atoms. The van der Waals surface area contributed by atoms with E-state index in [4.69, 9.17) is 16.3 Å². The fourth-order valence-electron chi connectivity index (χ4n) is 2.38. The number of sulfonamides is 1. The molecule has 0 saturated heterocycles. The molecular weight excluding hydrogens is 378 g/mol. The minimum Gasteiger partial charge on any atom is -0.495 e. The largest absolute Gasteiger partial charge is 0.495 e. The summed E-state index contributed by atoms with van der Waals surface area (Å²) in [5, 5.41) is 12.0. The van der Waals surface area contributed by atoms with Gasteiger partial charge in [0.2, 0.25) is 0 Å². The topological polar surface area (TPSA) is 99.0 Å². The van der Waals surface area contributed by atoms with Crippen LogP contribution < -0.4 is 9.46 Å². The Morgan fingerprint density at radius 3 is 2.58 bits per heavy atom. The van der Waals surface area contributed by atoms with Crippen LogP contribution in [0, 0.1) is 0 Å². The Morgan fingerprint density at radius 1 is 1.19 bits per heavy atom. The van der Waals surface area contributed by atoms with Crippen LogP contribution in [0.3, 0.4) is 0 Å². The van der Waals surface area contributed by atoms with Crippen molar-refractivity contribution < 1.29 is 13.2 Å². The molecule has 10 heteroatoms.